The molecule has 0 amide bonds. The van der Waals surface area contributed by atoms with E-state index in [1.807, 2.05) is 0 Å². The van der Waals surface area contributed by atoms with Gasteiger partial charge in [0.1, 0.15) is 0 Å². The largest absolute Gasteiger partial charge is 0.393 e. The summed E-state index contributed by atoms with van der Waals surface area (Å²) >= 11 is 5.07. The molecule has 3 heteroatoms. The molecule has 0 saturated heterocycles. The highest BCUT2D eigenvalue weighted by molar-refractivity contribution is 7.80. The second kappa shape index (κ2) is 5.46. The molecule has 2 saturated carbocycles. The molecule has 0 bridgehead atoms. The third-order valence-electron chi connectivity index (χ3n) is 3.80. The molecular weight excluding hydrogens is 216 g/mol. The molecule has 2 rings (SSSR count). The molecule has 2 fully saturated rings. The van der Waals surface area contributed by atoms with Crippen LogP contribution in [0.25, 0.3) is 0 Å². The minimum absolute atomic E-state index is 0.596. The van der Waals surface area contributed by atoms with Crippen molar-refractivity contribution in [1.82, 2.24) is 4.90 Å². The number of thiocarbonyl (C=S) groups is 1. The Morgan fingerprint density at radius 2 is 1.75 bits per heavy atom. The van der Waals surface area contributed by atoms with E-state index in [0.29, 0.717) is 11.0 Å². The van der Waals surface area contributed by atoms with Crippen LogP contribution in [-0.4, -0.2) is 29.0 Å². The monoisotopic (exact) mass is 240 g/mol. The normalized spacial score (nSPS) is 22.4. The predicted octanol–water partition coefficient (Wildman–Crippen LogP) is 2.56. The average Bonchev–Trinajstić information content (AvgIpc) is 3.06. The van der Waals surface area contributed by atoms with E-state index in [4.69, 9.17) is 18.0 Å². The fourth-order valence-corrected chi connectivity index (χ4v) is 2.59. The van der Waals surface area contributed by atoms with Gasteiger partial charge in [0.05, 0.1) is 4.99 Å². The lowest BCUT2D eigenvalue weighted by Gasteiger charge is -2.31. The summed E-state index contributed by atoms with van der Waals surface area (Å²) < 4.78 is 0. The fourth-order valence-electron chi connectivity index (χ4n) is 2.40. The quantitative estimate of drug-likeness (QED) is 0.661. The number of rotatable bonds is 8. The SMILES string of the molecule is CCC(CC(N)=S)N(CC1CC1)CC1CC1. The highest BCUT2D eigenvalue weighted by Gasteiger charge is 2.32. The summed E-state index contributed by atoms with van der Waals surface area (Å²) in [6, 6.07) is 0.596. The predicted molar refractivity (Wildman–Crippen MR) is 72.5 cm³/mol. The Morgan fingerprint density at radius 3 is 2.06 bits per heavy atom. The van der Waals surface area contributed by atoms with Gasteiger partial charge in [0, 0.05) is 25.6 Å². The van der Waals surface area contributed by atoms with Crippen LogP contribution in [0.5, 0.6) is 0 Å². The van der Waals surface area contributed by atoms with Gasteiger partial charge in [-0.1, -0.05) is 19.1 Å². The summed E-state index contributed by atoms with van der Waals surface area (Å²) in [5, 5.41) is 0. The lowest BCUT2D eigenvalue weighted by atomic mass is 10.1. The van der Waals surface area contributed by atoms with E-state index in [-0.39, 0.29) is 0 Å². The zero-order valence-corrected chi connectivity index (χ0v) is 11.1. The van der Waals surface area contributed by atoms with E-state index in [0.717, 1.165) is 18.3 Å². The molecule has 2 N–H and O–H groups in total. The molecule has 16 heavy (non-hydrogen) atoms. The van der Waals surface area contributed by atoms with Gasteiger partial charge in [-0.25, -0.2) is 0 Å². The highest BCUT2D eigenvalue weighted by Crippen LogP contribution is 2.35. The van der Waals surface area contributed by atoms with Crippen molar-refractivity contribution >= 4 is 17.2 Å². The lowest BCUT2D eigenvalue weighted by Crippen LogP contribution is -2.40. The van der Waals surface area contributed by atoms with Crippen molar-refractivity contribution in [2.75, 3.05) is 13.1 Å². The first-order chi connectivity index (χ1) is 7.69. The van der Waals surface area contributed by atoms with Crippen molar-refractivity contribution in [1.29, 1.82) is 0 Å². The Bertz CT molecular complexity index is 232. The van der Waals surface area contributed by atoms with Crippen LogP contribution in [0.15, 0.2) is 0 Å². The maximum absolute atomic E-state index is 5.70. The number of nitrogens with two attached hydrogens (primary N) is 1. The van der Waals surface area contributed by atoms with Crippen LogP contribution in [0.2, 0.25) is 0 Å². The van der Waals surface area contributed by atoms with Crippen LogP contribution in [0.3, 0.4) is 0 Å². The maximum Gasteiger partial charge on any atom is 0.0743 e. The molecule has 2 aliphatic rings. The van der Waals surface area contributed by atoms with Gasteiger partial charge in [-0.15, -0.1) is 0 Å². The summed E-state index contributed by atoms with van der Waals surface area (Å²) in [7, 11) is 0. The van der Waals surface area contributed by atoms with Crippen molar-refractivity contribution in [3.8, 4) is 0 Å². The molecule has 0 aromatic heterocycles. The van der Waals surface area contributed by atoms with Gasteiger partial charge in [-0.2, -0.15) is 0 Å². The third-order valence-corrected chi connectivity index (χ3v) is 3.97. The lowest BCUT2D eigenvalue weighted by molar-refractivity contribution is 0.179. The van der Waals surface area contributed by atoms with Gasteiger partial charge in [0.25, 0.3) is 0 Å². The van der Waals surface area contributed by atoms with Gasteiger partial charge in [-0.3, -0.25) is 4.90 Å². The average molecular weight is 240 g/mol. The Morgan fingerprint density at radius 1 is 1.25 bits per heavy atom. The Kier molecular flexibility index (Phi) is 4.20. The van der Waals surface area contributed by atoms with Crippen molar-refractivity contribution < 1.29 is 0 Å². The first-order valence-corrected chi connectivity index (χ1v) is 7.12. The minimum atomic E-state index is 0.596. The molecule has 1 atom stereocenters. The third kappa shape index (κ3) is 4.02. The first kappa shape index (κ1) is 12.3. The summed E-state index contributed by atoms with van der Waals surface area (Å²) in [5.41, 5.74) is 5.70. The Hall–Kier alpha value is -0.150. The molecule has 0 aromatic carbocycles. The zero-order valence-electron chi connectivity index (χ0n) is 10.3. The molecule has 0 radical (unpaired) electrons. The van der Waals surface area contributed by atoms with Crippen molar-refractivity contribution in [2.45, 2.75) is 51.5 Å². The van der Waals surface area contributed by atoms with Crippen LogP contribution < -0.4 is 5.73 Å². The van der Waals surface area contributed by atoms with Crippen molar-refractivity contribution in [3.63, 3.8) is 0 Å². The summed E-state index contributed by atoms with van der Waals surface area (Å²) in [5.74, 6) is 1.94. The fraction of sp³-hybridized carbons (Fsp3) is 0.923. The van der Waals surface area contributed by atoms with Gasteiger partial charge >= 0.3 is 0 Å². The zero-order chi connectivity index (χ0) is 11.5. The molecule has 0 spiro atoms. The standard InChI is InChI=1S/C13H24N2S/c1-2-12(7-13(14)16)15(8-10-3-4-10)9-11-5-6-11/h10-12H,2-9H2,1H3,(H2,14,16). The van der Waals surface area contributed by atoms with E-state index < -0.39 is 0 Å². The van der Waals surface area contributed by atoms with Crippen LogP contribution in [0.1, 0.15) is 45.4 Å². The number of hydrogen-bond acceptors (Lipinski definition) is 2. The van der Waals surface area contributed by atoms with Crippen LogP contribution >= 0.6 is 12.2 Å². The molecule has 2 aliphatic carbocycles. The van der Waals surface area contributed by atoms with Crippen LogP contribution in [0.4, 0.5) is 0 Å². The topological polar surface area (TPSA) is 29.3 Å². The van der Waals surface area contributed by atoms with Gasteiger partial charge < -0.3 is 5.73 Å². The van der Waals surface area contributed by atoms with E-state index in [1.165, 1.54) is 45.2 Å². The van der Waals surface area contributed by atoms with Crippen LogP contribution in [-0.2, 0) is 0 Å². The summed E-state index contributed by atoms with van der Waals surface area (Å²) in [4.78, 5) is 3.36. The second-order valence-corrected chi connectivity index (χ2v) is 6.10. The van der Waals surface area contributed by atoms with E-state index in [2.05, 4.69) is 11.8 Å². The Balaban J connectivity index is 1.86. The van der Waals surface area contributed by atoms with Gasteiger partial charge in [0.15, 0.2) is 0 Å². The Labute approximate surface area is 105 Å². The first-order valence-electron chi connectivity index (χ1n) is 6.71. The molecule has 0 aromatic rings. The number of hydrogen-bond donors (Lipinski definition) is 1. The smallest absolute Gasteiger partial charge is 0.0743 e. The number of nitrogens with zero attached hydrogens (tertiary/aromatic N) is 1. The molecule has 0 aliphatic heterocycles. The summed E-state index contributed by atoms with van der Waals surface area (Å²) in [6.45, 7) is 4.84. The second-order valence-electron chi connectivity index (χ2n) is 5.57. The van der Waals surface area contributed by atoms with Crippen molar-refractivity contribution in [3.05, 3.63) is 0 Å². The van der Waals surface area contributed by atoms with E-state index in [9.17, 15) is 0 Å². The molecule has 0 heterocycles. The molecule has 1 unspecified atom stereocenters. The molecular formula is C13H24N2S. The van der Waals surface area contributed by atoms with Crippen molar-refractivity contribution in [2.24, 2.45) is 17.6 Å². The van der Waals surface area contributed by atoms with Crippen LogP contribution in [0, 0.1) is 11.8 Å². The highest BCUT2D eigenvalue weighted by atomic mass is 32.1. The maximum atomic E-state index is 5.70. The van der Waals surface area contributed by atoms with E-state index in [1.54, 1.807) is 0 Å². The van der Waals surface area contributed by atoms with Gasteiger partial charge in [0.2, 0.25) is 0 Å². The summed E-state index contributed by atoms with van der Waals surface area (Å²) in [6.07, 6.45) is 7.83. The molecule has 2 nitrogen and oxygen atoms in total. The van der Waals surface area contributed by atoms with Gasteiger partial charge in [-0.05, 0) is 43.9 Å². The van der Waals surface area contributed by atoms with E-state index >= 15 is 0 Å². The minimum Gasteiger partial charge on any atom is -0.393 e. The molecule has 92 valence electrons.